The Hall–Kier alpha value is -2.75. The number of hydrogen-bond acceptors (Lipinski definition) is 7. The molecule has 1 aromatic heterocycles. The number of hydrogen-bond donors (Lipinski definition) is 3. The monoisotopic (exact) mass is 378 g/mol. The van der Waals surface area contributed by atoms with Crippen molar-refractivity contribution in [2.75, 3.05) is 18.1 Å². The van der Waals surface area contributed by atoms with Gasteiger partial charge in [-0.15, -0.1) is 10.2 Å². The summed E-state index contributed by atoms with van der Waals surface area (Å²) in [5, 5.41) is 13.0. The van der Waals surface area contributed by atoms with E-state index in [9.17, 15) is 9.59 Å². The van der Waals surface area contributed by atoms with Gasteiger partial charge >= 0.3 is 6.03 Å². The largest absolute Gasteiger partial charge is 0.485 e. The number of thioether (sulfide) groups is 1. The number of aromatic nitrogens is 3. The molecule has 1 aromatic carbocycles. The summed E-state index contributed by atoms with van der Waals surface area (Å²) in [6.45, 7) is 6.33. The smallest absolute Gasteiger partial charge is 0.321 e. The van der Waals surface area contributed by atoms with Crippen LogP contribution in [0, 0.1) is 13.8 Å². The number of ether oxygens (including phenoxy) is 1. The highest BCUT2D eigenvalue weighted by atomic mass is 32.2. The number of nitrogen functional groups attached to an aromatic ring is 1. The molecule has 9 nitrogen and oxygen atoms in total. The van der Waals surface area contributed by atoms with Crippen LogP contribution >= 0.6 is 11.8 Å². The number of aryl methyl sites for hydroxylation is 2. The van der Waals surface area contributed by atoms with Gasteiger partial charge in [0.05, 0.1) is 5.75 Å². The average molecular weight is 378 g/mol. The average Bonchev–Trinajstić information content (AvgIpc) is 2.92. The first-order valence-corrected chi connectivity index (χ1v) is 8.99. The quantitative estimate of drug-likeness (QED) is 0.487. The molecule has 4 N–H and O–H groups in total. The van der Waals surface area contributed by atoms with Crippen LogP contribution in [0.25, 0.3) is 0 Å². The number of carbonyl (C=O) groups excluding carboxylic acids is 2. The Kier molecular flexibility index (Phi) is 6.84. The molecule has 140 valence electrons. The summed E-state index contributed by atoms with van der Waals surface area (Å²) in [5.74, 6) is 6.66. The van der Waals surface area contributed by atoms with Gasteiger partial charge in [0.2, 0.25) is 11.1 Å². The minimum absolute atomic E-state index is 0.00953. The lowest BCUT2D eigenvalue weighted by Crippen LogP contribution is -2.40. The van der Waals surface area contributed by atoms with Gasteiger partial charge in [-0.3, -0.25) is 10.1 Å². The summed E-state index contributed by atoms with van der Waals surface area (Å²) in [6, 6.07) is 5.35. The summed E-state index contributed by atoms with van der Waals surface area (Å²) >= 11 is 1.08. The van der Waals surface area contributed by atoms with Gasteiger partial charge in [-0.2, -0.15) is 0 Å². The molecule has 3 amide bonds. The number of amides is 3. The number of nitrogens with one attached hydrogen (secondary N) is 2. The van der Waals surface area contributed by atoms with Gasteiger partial charge in [0.15, 0.2) is 5.82 Å². The molecule has 0 aliphatic heterocycles. The number of urea groups is 1. The van der Waals surface area contributed by atoms with E-state index in [1.165, 1.54) is 4.68 Å². The highest BCUT2D eigenvalue weighted by Gasteiger charge is 2.14. The maximum absolute atomic E-state index is 11.7. The van der Waals surface area contributed by atoms with Crippen molar-refractivity contribution in [3.05, 3.63) is 35.2 Å². The molecule has 10 heteroatoms. The van der Waals surface area contributed by atoms with Crippen molar-refractivity contribution in [1.29, 1.82) is 0 Å². The molecule has 0 fully saturated rings. The number of benzene rings is 1. The number of rotatable bonds is 7. The van der Waals surface area contributed by atoms with Gasteiger partial charge in [0, 0.05) is 6.54 Å². The highest BCUT2D eigenvalue weighted by molar-refractivity contribution is 7.99. The van der Waals surface area contributed by atoms with Crippen LogP contribution in [0.4, 0.5) is 4.79 Å². The van der Waals surface area contributed by atoms with Crippen LogP contribution in [-0.2, 0) is 11.4 Å². The molecule has 0 atom stereocenters. The van der Waals surface area contributed by atoms with Crippen molar-refractivity contribution in [2.45, 2.75) is 32.5 Å². The second-order valence-corrected chi connectivity index (χ2v) is 6.47. The van der Waals surface area contributed by atoms with Crippen LogP contribution in [-0.4, -0.2) is 39.1 Å². The summed E-state index contributed by atoms with van der Waals surface area (Å²) < 4.78 is 7.00. The predicted molar refractivity (Wildman–Crippen MR) is 98.4 cm³/mol. The third kappa shape index (κ3) is 5.38. The van der Waals surface area contributed by atoms with Crippen LogP contribution in [0.2, 0.25) is 0 Å². The number of imide groups is 1. The van der Waals surface area contributed by atoms with E-state index in [4.69, 9.17) is 10.6 Å². The molecular formula is C16H22N6O3S. The van der Waals surface area contributed by atoms with E-state index in [0.29, 0.717) is 17.5 Å². The van der Waals surface area contributed by atoms with Crippen LogP contribution in [0.1, 0.15) is 23.9 Å². The first-order chi connectivity index (χ1) is 12.4. The van der Waals surface area contributed by atoms with Gasteiger partial charge in [-0.05, 0) is 32.4 Å². The fourth-order valence-corrected chi connectivity index (χ4v) is 2.78. The van der Waals surface area contributed by atoms with Crippen molar-refractivity contribution in [3.63, 3.8) is 0 Å². The Morgan fingerprint density at radius 2 is 2.08 bits per heavy atom. The van der Waals surface area contributed by atoms with E-state index in [-0.39, 0.29) is 12.4 Å². The number of nitrogens with zero attached hydrogens (tertiary/aromatic N) is 3. The highest BCUT2D eigenvalue weighted by Crippen LogP contribution is 2.20. The standard InChI is InChI=1S/C16H22N6O3S/c1-4-18-15(24)19-14(23)9-26-16-21-20-13(22(16)17)8-25-12-6-5-10(2)7-11(12)3/h5-7H,4,8-9,17H2,1-3H3,(H2,18,19,23,24). The Morgan fingerprint density at radius 3 is 2.77 bits per heavy atom. The molecule has 2 rings (SSSR count). The zero-order chi connectivity index (χ0) is 19.1. The molecule has 0 radical (unpaired) electrons. The molecule has 1 heterocycles. The van der Waals surface area contributed by atoms with E-state index in [1.54, 1.807) is 6.92 Å². The predicted octanol–water partition coefficient (Wildman–Crippen LogP) is 1.13. The summed E-state index contributed by atoms with van der Waals surface area (Å²) in [7, 11) is 0. The molecule has 0 unspecified atom stereocenters. The summed E-state index contributed by atoms with van der Waals surface area (Å²) in [6.07, 6.45) is 0. The lowest BCUT2D eigenvalue weighted by molar-refractivity contribution is -0.117. The third-order valence-electron chi connectivity index (χ3n) is 3.34. The third-order valence-corrected chi connectivity index (χ3v) is 4.29. The number of carbonyl (C=O) groups is 2. The molecular weight excluding hydrogens is 356 g/mol. The van der Waals surface area contributed by atoms with Crippen LogP contribution in [0.15, 0.2) is 23.4 Å². The molecule has 0 saturated heterocycles. The van der Waals surface area contributed by atoms with Crippen LogP contribution in [0.3, 0.4) is 0 Å². The van der Waals surface area contributed by atoms with Crippen LogP contribution in [0.5, 0.6) is 5.75 Å². The molecule has 26 heavy (non-hydrogen) atoms. The molecule has 0 saturated carbocycles. The summed E-state index contributed by atoms with van der Waals surface area (Å²) in [5.41, 5.74) is 2.17. The van der Waals surface area contributed by atoms with E-state index in [0.717, 1.165) is 28.6 Å². The van der Waals surface area contributed by atoms with E-state index in [2.05, 4.69) is 20.8 Å². The van der Waals surface area contributed by atoms with Crippen molar-refractivity contribution < 1.29 is 14.3 Å². The van der Waals surface area contributed by atoms with E-state index >= 15 is 0 Å². The zero-order valence-electron chi connectivity index (χ0n) is 14.9. The fourth-order valence-electron chi connectivity index (χ4n) is 2.11. The second kappa shape index (κ2) is 9.09. The topological polar surface area (TPSA) is 124 Å². The lowest BCUT2D eigenvalue weighted by atomic mass is 10.1. The van der Waals surface area contributed by atoms with Crippen molar-refractivity contribution in [2.24, 2.45) is 0 Å². The van der Waals surface area contributed by atoms with Crippen molar-refractivity contribution in [1.82, 2.24) is 25.5 Å². The van der Waals surface area contributed by atoms with Gasteiger partial charge in [0.1, 0.15) is 12.4 Å². The minimum Gasteiger partial charge on any atom is -0.485 e. The van der Waals surface area contributed by atoms with E-state index in [1.807, 2.05) is 32.0 Å². The summed E-state index contributed by atoms with van der Waals surface area (Å²) in [4.78, 5) is 23.0. The molecule has 0 spiro atoms. The Labute approximate surface area is 155 Å². The van der Waals surface area contributed by atoms with Crippen molar-refractivity contribution >= 4 is 23.7 Å². The second-order valence-electron chi connectivity index (χ2n) is 5.52. The van der Waals surface area contributed by atoms with Gasteiger partial charge in [-0.25, -0.2) is 9.47 Å². The molecule has 0 bridgehead atoms. The normalized spacial score (nSPS) is 10.4. The fraction of sp³-hybridized carbons (Fsp3) is 0.375. The van der Waals surface area contributed by atoms with Gasteiger partial charge in [0.25, 0.3) is 0 Å². The van der Waals surface area contributed by atoms with Gasteiger partial charge in [-0.1, -0.05) is 29.5 Å². The molecule has 2 aromatic rings. The lowest BCUT2D eigenvalue weighted by Gasteiger charge is -2.09. The Bertz CT molecular complexity index is 792. The van der Waals surface area contributed by atoms with Gasteiger partial charge < -0.3 is 15.9 Å². The van der Waals surface area contributed by atoms with Crippen molar-refractivity contribution in [3.8, 4) is 5.75 Å². The first kappa shape index (κ1) is 19.6. The Morgan fingerprint density at radius 1 is 1.31 bits per heavy atom. The minimum atomic E-state index is -0.533. The first-order valence-electron chi connectivity index (χ1n) is 8.00. The maximum Gasteiger partial charge on any atom is 0.321 e. The SMILES string of the molecule is CCNC(=O)NC(=O)CSc1nnc(COc2ccc(C)cc2C)n1N. The number of nitrogens with two attached hydrogens (primary N) is 1. The van der Waals surface area contributed by atoms with E-state index < -0.39 is 11.9 Å². The molecule has 0 aliphatic rings. The molecule has 0 aliphatic carbocycles. The zero-order valence-corrected chi connectivity index (χ0v) is 15.7. The Balaban J connectivity index is 1.89. The maximum atomic E-state index is 11.7. The van der Waals surface area contributed by atoms with Crippen LogP contribution < -0.4 is 21.2 Å².